The van der Waals surface area contributed by atoms with E-state index in [0.717, 1.165) is 6.54 Å². The van der Waals surface area contributed by atoms with E-state index in [1.165, 1.54) is 32.1 Å². The summed E-state index contributed by atoms with van der Waals surface area (Å²) in [6.45, 7) is 3.72. The second-order valence-corrected chi connectivity index (χ2v) is 6.34. The maximum absolute atomic E-state index is 11.7. The summed E-state index contributed by atoms with van der Waals surface area (Å²) in [6, 6.07) is 0.150. The molecule has 1 aliphatic rings. The van der Waals surface area contributed by atoms with Crippen molar-refractivity contribution in [2.45, 2.75) is 45.1 Å². The van der Waals surface area contributed by atoms with E-state index < -0.39 is 0 Å². The smallest absolute Gasteiger partial charge is 0.243 e. The van der Waals surface area contributed by atoms with E-state index in [9.17, 15) is 4.79 Å². The largest absolute Gasteiger partial charge is 0.383 e. The highest BCUT2D eigenvalue weighted by Crippen LogP contribution is 2.22. The molecule has 1 atom stereocenters. The summed E-state index contributed by atoms with van der Waals surface area (Å²) in [5.41, 5.74) is 0. The number of methoxy groups -OCH3 is 1. The molecule has 0 aromatic carbocycles. The highest BCUT2D eigenvalue weighted by atomic mass is 16.5. The zero-order chi connectivity index (χ0) is 16.4. The van der Waals surface area contributed by atoms with E-state index in [2.05, 4.69) is 15.6 Å². The second-order valence-electron chi connectivity index (χ2n) is 6.34. The molecule has 1 saturated carbocycles. The van der Waals surface area contributed by atoms with Crippen LogP contribution in [0.15, 0.2) is 4.99 Å². The van der Waals surface area contributed by atoms with Crippen molar-refractivity contribution in [3.63, 3.8) is 0 Å². The van der Waals surface area contributed by atoms with Gasteiger partial charge < -0.3 is 20.3 Å². The third-order valence-corrected chi connectivity index (χ3v) is 3.95. The summed E-state index contributed by atoms with van der Waals surface area (Å²) in [7, 11) is 5.17. The van der Waals surface area contributed by atoms with Crippen LogP contribution in [0.2, 0.25) is 0 Å². The molecule has 1 aliphatic carbocycles. The van der Waals surface area contributed by atoms with Crippen molar-refractivity contribution in [1.82, 2.24) is 15.5 Å². The lowest BCUT2D eigenvalue weighted by Crippen LogP contribution is -2.46. The second kappa shape index (κ2) is 10.4. The van der Waals surface area contributed by atoms with Gasteiger partial charge in [-0.3, -0.25) is 4.79 Å². The quantitative estimate of drug-likeness (QED) is 0.548. The molecule has 0 aromatic heterocycles. The molecule has 22 heavy (non-hydrogen) atoms. The molecule has 1 rings (SSSR count). The van der Waals surface area contributed by atoms with Crippen molar-refractivity contribution in [2.24, 2.45) is 10.9 Å². The Morgan fingerprint density at radius 2 is 2.00 bits per heavy atom. The average Bonchev–Trinajstić information content (AvgIpc) is 2.50. The van der Waals surface area contributed by atoms with Crippen LogP contribution in [0.1, 0.15) is 39.0 Å². The molecule has 0 saturated heterocycles. The van der Waals surface area contributed by atoms with E-state index in [1.54, 1.807) is 26.1 Å². The van der Waals surface area contributed by atoms with Crippen LogP contribution in [0.4, 0.5) is 0 Å². The summed E-state index contributed by atoms with van der Waals surface area (Å²) >= 11 is 0. The van der Waals surface area contributed by atoms with Crippen molar-refractivity contribution in [3.8, 4) is 0 Å². The number of rotatable bonds is 7. The van der Waals surface area contributed by atoms with E-state index >= 15 is 0 Å². The van der Waals surface area contributed by atoms with E-state index in [0.29, 0.717) is 18.5 Å². The predicted octanol–water partition coefficient (Wildman–Crippen LogP) is 1.23. The SMILES string of the molecule is COCC(C)NC(=NCC(=O)N(C)C)NCC1CCCCC1. The minimum atomic E-state index is -0.00170. The topological polar surface area (TPSA) is 66.0 Å². The van der Waals surface area contributed by atoms with Gasteiger partial charge in [0, 0.05) is 33.8 Å². The van der Waals surface area contributed by atoms with Crippen LogP contribution in [0.5, 0.6) is 0 Å². The van der Waals surface area contributed by atoms with Gasteiger partial charge >= 0.3 is 0 Å². The van der Waals surface area contributed by atoms with E-state index in [1.807, 2.05) is 6.92 Å². The molecule has 6 nitrogen and oxygen atoms in total. The summed E-state index contributed by atoms with van der Waals surface area (Å²) < 4.78 is 5.14. The lowest BCUT2D eigenvalue weighted by atomic mass is 9.89. The lowest BCUT2D eigenvalue weighted by Gasteiger charge is -2.24. The molecule has 6 heteroatoms. The van der Waals surface area contributed by atoms with Gasteiger partial charge in [0.2, 0.25) is 5.91 Å². The number of carbonyl (C=O) groups is 1. The monoisotopic (exact) mass is 312 g/mol. The van der Waals surface area contributed by atoms with Crippen LogP contribution in [0.25, 0.3) is 0 Å². The minimum Gasteiger partial charge on any atom is -0.383 e. The summed E-state index contributed by atoms with van der Waals surface area (Å²) in [4.78, 5) is 17.7. The molecule has 128 valence electrons. The highest BCUT2D eigenvalue weighted by Gasteiger charge is 2.14. The molecule has 0 bridgehead atoms. The first-order valence-corrected chi connectivity index (χ1v) is 8.27. The molecule has 0 spiro atoms. The number of guanidine groups is 1. The van der Waals surface area contributed by atoms with Gasteiger partial charge in [0.25, 0.3) is 0 Å². The van der Waals surface area contributed by atoms with Crippen LogP contribution >= 0.6 is 0 Å². The normalized spacial score (nSPS) is 17.9. The van der Waals surface area contributed by atoms with E-state index in [4.69, 9.17) is 4.74 Å². The Balaban J connectivity index is 2.51. The average molecular weight is 312 g/mol. The molecule has 2 N–H and O–H groups in total. The molecule has 0 aromatic rings. The first-order valence-electron chi connectivity index (χ1n) is 8.27. The van der Waals surface area contributed by atoms with Crippen molar-refractivity contribution >= 4 is 11.9 Å². The minimum absolute atomic E-state index is 0.00170. The third kappa shape index (κ3) is 7.64. The Morgan fingerprint density at radius 3 is 2.59 bits per heavy atom. The molecule has 1 unspecified atom stereocenters. The van der Waals surface area contributed by atoms with Gasteiger partial charge in [-0.1, -0.05) is 19.3 Å². The Hall–Kier alpha value is -1.30. The molecule has 0 aliphatic heterocycles. The standard InChI is InChI=1S/C16H32N4O2/c1-13(12-22-4)19-16(18-11-15(21)20(2)3)17-10-14-8-6-5-7-9-14/h13-14H,5-12H2,1-4H3,(H2,17,18,19). The maximum Gasteiger partial charge on any atom is 0.243 e. The number of ether oxygens (including phenoxy) is 1. The van der Waals surface area contributed by atoms with Crippen LogP contribution in [-0.2, 0) is 9.53 Å². The zero-order valence-corrected chi connectivity index (χ0v) is 14.5. The number of aliphatic imine (C=N–C) groups is 1. The van der Waals surface area contributed by atoms with Crippen LogP contribution in [0, 0.1) is 5.92 Å². The van der Waals surface area contributed by atoms with Crippen LogP contribution in [-0.4, -0.2) is 63.7 Å². The predicted molar refractivity (Wildman–Crippen MR) is 90.0 cm³/mol. The first kappa shape index (κ1) is 18.7. The van der Waals surface area contributed by atoms with Gasteiger partial charge in [0.15, 0.2) is 5.96 Å². The zero-order valence-electron chi connectivity index (χ0n) is 14.5. The highest BCUT2D eigenvalue weighted by molar-refractivity contribution is 5.84. The lowest BCUT2D eigenvalue weighted by molar-refractivity contribution is -0.127. The van der Waals surface area contributed by atoms with Crippen molar-refractivity contribution < 1.29 is 9.53 Å². The van der Waals surface area contributed by atoms with Crippen molar-refractivity contribution in [2.75, 3.05) is 40.9 Å². The third-order valence-electron chi connectivity index (χ3n) is 3.95. The van der Waals surface area contributed by atoms with Crippen LogP contribution < -0.4 is 10.6 Å². The Morgan fingerprint density at radius 1 is 1.32 bits per heavy atom. The first-order chi connectivity index (χ1) is 10.5. The Kier molecular flexibility index (Phi) is 8.89. The number of hydrogen-bond donors (Lipinski definition) is 2. The summed E-state index contributed by atoms with van der Waals surface area (Å²) in [5.74, 6) is 1.41. The number of nitrogens with one attached hydrogen (secondary N) is 2. The van der Waals surface area contributed by atoms with Gasteiger partial charge in [-0.15, -0.1) is 0 Å². The fourth-order valence-corrected chi connectivity index (χ4v) is 2.60. The van der Waals surface area contributed by atoms with Gasteiger partial charge in [-0.05, 0) is 25.7 Å². The number of likely N-dealkylation sites (N-methyl/N-ethyl adjacent to an activating group) is 1. The maximum atomic E-state index is 11.7. The fraction of sp³-hybridized carbons (Fsp3) is 0.875. The van der Waals surface area contributed by atoms with Gasteiger partial charge in [0.1, 0.15) is 6.54 Å². The fourth-order valence-electron chi connectivity index (χ4n) is 2.60. The molecular formula is C16H32N4O2. The molecule has 0 radical (unpaired) electrons. The number of amides is 1. The number of nitrogens with zero attached hydrogens (tertiary/aromatic N) is 2. The molecule has 1 fully saturated rings. The van der Waals surface area contributed by atoms with Crippen LogP contribution in [0.3, 0.4) is 0 Å². The Labute approximate surface area is 134 Å². The summed E-state index contributed by atoms with van der Waals surface area (Å²) in [6.07, 6.45) is 6.57. The Bertz CT molecular complexity index is 352. The number of carbonyl (C=O) groups excluding carboxylic acids is 1. The molecular weight excluding hydrogens is 280 g/mol. The summed E-state index contributed by atoms with van der Waals surface area (Å²) in [5, 5.41) is 6.68. The van der Waals surface area contributed by atoms with Crippen molar-refractivity contribution in [3.05, 3.63) is 0 Å². The van der Waals surface area contributed by atoms with E-state index in [-0.39, 0.29) is 18.5 Å². The van der Waals surface area contributed by atoms with Crippen molar-refractivity contribution in [1.29, 1.82) is 0 Å². The molecule has 0 heterocycles. The van der Waals surface area contributed by atoms with Gasteiger partial charge in [-0.25, -0.2) is 4.99 Å². The van der Waals surface area contributed by atoms with Gasteiger partial charge in [-0.2, -0.15) is 0 Å². The molecule has 1 amide bonds. The van der Waals surface area contributed by atoms with Gasteiger partial charge in [0.05, 0.1) is 6.61 Å². The number of hydrogen-bond acceptors (Lipinski definition) is 3.